The quantitative estimate of drug-likeness (QED) is 0.854. The average Bonchev–Trinajstić information content (AvgIpc) is 2.71. The van der Waals surface area contributed by atoms with Crippen molar-refractivity contribution >= 4 is 21.8 Å². The van der Waals surface area contributed by atoms with Gasteiger partial charge in [0.05, 0.1) is 0 Å². The van der Waals surface area contributed by atoms with Gasteiger partial charge in [0.2, 0.25) is 5.91 Å². The highest BCUT2D eigenvalue weighted by Crippen LogP contribution is 2.27. The highest BCUT2D eigenvalue weighted by Gasteiger charge is 2.32. The van der Waals surface area contributed by atoms with Crippen LogP contribution in [0.3, 0.4) is 0 Å². The van der Waals surface area contributed by atoms with Crippen molar-refractivity contribution < 1.29 is 4.79 Å². The normalized spacial score (nSPS) is 17.3. The maximum atomic E-state index is 12.3. The van der Waals surface area contributed by atoms with E-state index in [0.29, 0.717) is 0 Å². The number of hydrogen-bond donors (Lipinski definition) is 1. The van der Waals surface area contributed by atoms with Gasteiger partial charge in [-0.15, -0.1) is 0 Å². The summed E-state index contributed by atoms with van der Waals surface area (Å²) in [6.45, 7) is 6.16. The van der Waals surface area contributed by atoms with E-state index >= 15 is 0 Å². The number of benzene rings is 1. The van der Waals surface area contributed by atoms with Crippen LogP contribution in [0.15, 0.2) is 24.3 Å². The van der Waals surface area contributed by atoms with Crippen molar-refractivity contribution in [3.63, 3.8) is 0 Å². The fraction of sp³-hybridized carbons (Fsp3) is 0.533. The Morgan fingerprint density at radius 3 is 2.28 bits per heavy atom. The molecule has 0 fully saturated rings. The van der Waals surface area contributed by atoms with Crippen LogP contribution in [-0.4, -0.2) is 16.3 Å². The number of halogens is 1. The van der Waals surface area contributed by atoms with E-state index < -0.39 is 0 Å². The maximum Gasteiger partial charge on any atom is 0.224 e. The molecule has 0 bridgehead atoms. The largest absolute Gasteiger partial charge is 0.350 e. The van der Waals surface area contributed by atoms with Crippen molar-refractivity contribution in [2.45, 2.75) is 44.0 Å². The van der Waals surface area contributed by atoms with E-state index in [2.05, 4.69) is 40.3 Å². The smallest absolute Gasteiger partial charge is 0.224 e. The Balaban J connectivity index is 2.02. The predicted molar refractivity (Wildman–Crippen MR) is 78.0 cm³/mol. The summed E-state index contributed by atoms with van der Waals surface area (Å²) in [6, 6.07) is 8.34. The lowest BCUT2D eigenvalue weighted by Gasteiger charge is -2.30. The monoisotopic (exact) mass is 309 g/mol. The van der Waals surface area contributed by atoms with Gasteiger partial charge in [0, 0.05) is 16.3 Å². The van der Waals surface area contributed by atoms with Crippen molar-refractivity contribution in [3.05, 3.63) is 35.4 Å². The third kappa shape index (κ3) is 2.77. The second kappa shape index (κ2) is 5.04. The molecule has 2 nitrogen and oxygen atoms in total. The van der Waals surface area contributed by atoms with Crippen molar-refractivity contribution in [2.75, 3.05) is 0 Å². The van der Waals surface area contributed by atoms with Crippen molar-refractivity contribution in [1.82, 2.24) is 5.32 Å². The topological polar surface area (TPSA) is 29.1 Å². The van der Waals surface area contributed by atoms with Crippen LogP contribution in [0.4, 0.5) is 0 Å². The van der Waals surface area contributed by atoms with Gasteiger partial charge in [0.15, 0.2) is 0 Å². The Labute approximate surface area is 117 Å². The third-order valence-corrected chi connectivity index (χ3v) is 5.01. The van der Waals surface area contributed by atoms with Gasteiger partial charge in [0.1, 0.15) is 0 Å². The van der Waals surface area contributed by atoms with Gasteiger partial charge in [-0.05, 0) is 37.8 Å². The SMILES string of the molecule is CC(Br)C(C)(C)NC(=O)C1Cc2ccccc2C1. The fourth-order valence-corrected chi connectivity index (χ4v) is 2.38. The van der Waals surface area contributed by atoms with Gasteiger partial charge < -0.3 is 5.32 Å². The molecule has 1 aromatic rings. The molecule has 1 N–H and O–H groups in total. The molecule has 18 heavy (non-hydrogen) atoms. The van der Waals surface area contributed by atoms with E-state index in [4.69, 9.17) is 0 Å². The van der Waals surface area contributed by atoms with Gasteiger partial charge >= 0.3 is 0 Å². The van der Waals surface area contributed by atoms with Crippen LogP contribution in [0.5, 0.6) is 0 Å². The zero-order valence-electron chi connectivity index (χ0n) is 11.2. The van der Waals surface area contributed by atoms with Gasteiger partial charge in [-0.2, -0.15) is 0 Å². The van der Waals surface area contributed by atoms with Crippen LogP contribution in [0, 0.1) is 5.92 Å². The zero-order valence-corrected chi connectivity index (χ0v) is 12.8. The van der Waals surface area contributed by atoms with Gasteiger partial charge in [-0.25, -0.2) is 0 Å². The lowest BCUT2D eigenvalue weighted by atomic mass is 9.98. The second-order valence-corrected chi connectivity index (χ2v) is 7.07. The standard InChI is InChI=1S/C15H20BrNO/c1-10(16)15(2,3)17-14(18)13-8-11-6-4-5-7-12(11)9-13/h4-7,10,13H,8-9H2,1-3H3,(H,17,18). The molecule has 0 spiro atoms. The molecule has 1 amide bonds. The van der Waals surface area contributed by atoms with E-state index in [9.17, 15) is 4.79 Å². The summed E-state index contributed by atoms with van der Waals surface area (Å²) >= 11 is 3.55. The predicted octanol–water partition coefficient (Wildman–Crippen LogP) is 3.08. The molecule has 3 heteroatoms. The Morgan fingerprint density at radius 1 is 1.33 bits per heavy atom. The van der Waals surface area contributed by atoms with Crippen LogP contribution in [0.1, 0.15) is 31.9 Å². The number of nitrogens with one attached hydrogen (secondary N) is 1. The van der Waals surface area contributed by atoms with E-state index in [0.717, 1.165) is 12.8 Å². The fourth-order valence-electron chi connectivity index (χ4n) is 2.26. The molecule has 0 saturated carbocycles. The summed E-state index contributed by atoms with van der Waals surface area (Å²) in [5.74, 6) is 0.260. The number of amides is 1. The van der Waals surface area contributed by atoms with Crippen molar-refractivity contribution in [2.24, 2.45) is 5.92 Å². The highest BCUT2D eigenvalue weighted by atomic mass is 79.9. The molecular weight excluding hydrogens is 290 g/mol. The van der Waals surface area contributed by atoms with Crippen LogP contribution in [0.2, 0.25) is 0 Å². The average molecular weight is 310 g/mol. The number of hydrogen-bond acceptors (Lipinski definition) is 1. The first-order valence-electron chi connectivity index (χ1n) is 6.43. The molecular formula is C15H20BrNO. The van der Waals surface area contributed by atoms with Crippen LogP contribution in [-0.2, 0) is 17.6 Å². The summed E-state index contributed by atoms with van der Waals surface area (Å²) in [7, 11) is 0. The Morgan fingerprint density at radius 2 is 1.83 bits per heavy atom. The van der Waals surface area contributed by atoms with Crippen LogP contribution in [0.25, 0.3) is 0 Å². The summed E-state index contributed by atoms with van der Waals surface area (Å²) in [4.78, 5) is 12.5. The molecule has 0 aromatic heterocycles. The molecule has 0 aliphatic heterocycles. The number of rotatable bonds is 3. The molecule has 0 saturated heterocycles. The molecule has 0 radical (unpaired) electrons. The number of carbonyl (C=O) groups is 1. The molecule has 1 aliphatic rings. The Bertz CT molecular complexity index is 429. The van der Waals surface area contributed by atoms with E-state index in [1.165, 1.54) is 11.1 Å². The van der Waals surface area contributed by atoms with Crippen LogP contribution >= 0.6 is 15.9 Å². The first kappa shape index (κ1) is 13.6. The number of alkyl halides is 1. The first-order valence-corrected chi connectivity index (χ1v) is 7.34. The minimum atomic E-state index is -0.216. The zero-order chi connectivity index (χ0) is 13.3. The lowest BCUT2D eigenvalue weighted by Crippen LogP contribution is -2.51. The van der Waals surface area contributed by atoms with Crippen molar-refractivity contribution in [3.8, 4) is 0 Å². The Hall–Kier alpha value is -0.830. The molecule has 1 unspecified atom stereocenters. The molecule has 1 aliphatic carbocycles. The minimum absolute atomic E-state index is 0.0907. The van der Waals surface area contributed by atoms with Gasteiger partial charge in [0.25, 0.3) is 0 Å². The molecule has 1 aromatic carbocycles. The summed E-state index contributed by atoms with van der Waals surface area (Å²) < 4.78 is 0. The summed E-state index contributed by atoms with van der Waals surface area (Å²) in [6.07, 6.45) is 1.74. The Kier molecular flexibility index (Phi) is 3.81. The number of carbonyl (C=O) groups excluding carboxylic acids is 1. The van der Waals surface area contributed by atoms with Crippen molar-refractivity contribution in [1.29, 1.82) is 0 Å². The van der Waals surface area contributed by atoms with E-state index in [-0.39, 0.29) is 22.2 Å². The molecule has 0 heterocycles. The van der Waals surface area contributed by atoms with Gasteiger partial charge in [-0.3, -0.25) is 4.79 Å². The highest BCUT2D eigenvalue weighted by molar-refractivity contribution is 9.09. The maximum absolute atomic E-state index is 12.3. The second-order valence-electron chi connectivity index (χ2n) is 5.70. The minimum Gasteiger partial charge on any atom is -0.350 e. The third-order valence-electron chi connectivity index (χ3n) is 3.86. The molecule has 2 rings (SSSR count). The van der Waals surface area contributed by atoms with Crippen LogP contribution < -0.4 is 5.32 Å². The van der Waals surface area contributed by atoms with E-state index in [1.54, 1.807) is 0 Å². The summed E-state index contributed by atoms with van der Waals surface area (Å²) in [5, 5.41) is 3.15. The number of fused-ring (bicyclic) bond motifs is 1. The lowest BCUT2D eigenvalue weighted by molar-refractivity contribution is -0.126. The molecule has 1 atom stereocenters. The van der Waals surface area contributed by atoms with E-state index in [1.807, 2.05) is 26.0 Å². The summed E-state index contributed by atoms with van der Waals surface area (Å²) in [5.41, 5.74) is 2.43. The first-order chi connectivity index (χ1) is 8.40. The van der Waals surface area contributed by atoms with Gasteiger partial charge in [-0.1, -0.05) is 47.1 Å². The molecule has 98 valence electrons.